The Bertz CT molecular complexity index is 358. The fraction of sp³-hybridized carbons (Fsp3) is 0.625. The van der Waals surface area contributed by atoms with Crippen LogP contribution in [0.5, 0.6) is 0 Å². The minimum Gasteiger partial charge on any atom is -0.311 e. The van der Waals surface area contributed by atoms with E-state index in [1.54, 1.807) is 0 Å². The second-order valence-electron chi connectivity index (χ2n) is 5.61. The third-order valence-corrected chi connectivity index (χ3v) is 3.89. The van der Waals surface area contributed by atoms with Gasteiger partial charge in [-0.05, 0) is 44.6 Å². The first-order valence-corrected chi connectivity index (χ1v) is 7.00. The molecule has 0 aliphatic heterocycles. The summed E-state index contributed by atoms with van der Waals surface area (Å²) in [5.41, 5.74) is 2.85. The number of rotatable bonds is 6. The summed E-state index contributed by atoms with van der Waals surface area (Å²) in [6.45, 7) is 6.78. The average Bonchev–Trinajstić information content (AvgIpc) is 3.05. The molecule has 1 aliphatic carbocycles. The minimum absolute atomic E-state index is 0.650. The fourth-order valence-electron chi connectivity index (χ4n) is 2.60. The normalized spacial score (nSPS) is 24.6. The van der Waals surface area contributed by atoms with Crippen molar-refractivity contribution in [3.63, 3.8) is 0 Å². The van der Waals surface area contributed by atoms with E-state index >= 15 is 0 Å². The van der Waals surface area contributed by atoms with E-state index in [0.29, 0.717) is 6.04 Å². The first kappa shape index (κ1) is 12.6. The molecule has 94 valence electrons. The van der Waals surface area contributed by atoms with Crippen LogP contribution in [0.1, 0.15) is 44.2 Å². The molecule has 1 nitrogen and oxygen atoms in total. The lowest BCUT2D eigenvalue weighted by Gasteiger charge is -2.13. The molecule has 1 heteroatoms. The summed E-state index contributed by atoms with van der Waals surface area (Å²) in [7, 11) is 0. The van der Waals surface area contributed by atoms with Crippen LogP contribution in [-0.2, 0) is 6.42 Å². The highest BCUT2D eigenvalue weighted by Gasteiger charge is 2.35. The molecule has 3 atom stereocenters. The zero-order valence-electron chi connectivity index (χ0n) is 11.4. The van der Waals surface area contributed by atoms with E-state index in [4.69, 9.17) is 0 Å². The Kier molecular flexibility index (Phi) is 4.22. The quantitative estimate of drug-likeness (QED) is 0.787. The Morgan fingerprint density at radius 2 is 2.24 bits per heavy atom. The van der Waals surface area contributed by atoms with E-state index in [-0.39, 0.29) is 0 Å². The second-order valence-corrected chi connectivity index (χ2v) is 5.61. The van der Waals surface area contributed by atoms with E-state index in [0.717, 1.165) is 12.0 Å². The van der Waals surface area contributed by atoms with Gasteiger partial charge in [0, 0.05) is 12.1 Å². The first-order valence-electron chi connectivity index (χ1n) is 7.00. The zero-order chi connectivity index (χ0) is 12.3. The molecule has 1 fully saturated rings. The lowest BCUT2D eigenvalue weighted by atomic mass is 10.0. The van der Waals surface area contributed by atoms with Gasteiger partial charge in [-0.15, -0.1) is 0 Å². The van der Waals surface area contributed by atoms with Crippen molar-refractivity contribution in [2.45, 2.75) is 58.5 Å². The maximum absolute atomic E-state index is 3.74. The SMILES string of the molecule is CCC1CC1NC(C)CCc1cccc(C)c1. The van der Waals surface area contributed by atoms with Crippen LogP contribution in [0.3, 0.4) is 0 Å². The summed E-state index contributed by atoms with van der Waals surface area (Å²) >= 11 is 0. The maximum atomic E-state index is 3.74. The molecule has 0 bridgehead atoms. The Morgan fingerprint density at radius 1 is 1.41 bits per heavy atom. The Hall–Kier alpha value is -0.820. The molecule has 0 amide bonds. The largest absolute Gasteiger partial charge is 0.311 e. The Morgan fingerprint density at radius 3 is 2.88 bits per heavy atom. The van der Waals surface area contributed by atoms with Crippen molar-refractivity contribution in [2.24, 2.45) is 5.92 Å². The lowest BCUT2D eigenvalue weighted by molar-refractivity contribution is 0.492. The van der Waals surface area contributed by atoms with Gasteiger partial charge in [0.2, 0.25) is 0 Å². The monoisotopic (exact) mass is 231 g/mol. The number of nitrogens with one attached hydrogen (secondary N) is 1. The van der Waals surface area contributed by atoms with E-state index in [2.05, 4.69) is 50.4 Å². The molecule has 0 aromatic heterocycles. The Labute approximate surface area is 106 Å². The van der Waals surface area contributed by atoms with Crippen molar-refractivity contribution in [1.29, 1.82) is 0 Å². The predicted octanol–water partition coefficient (Wildman–Crippen LogP) is 3.70. The molecular weight excluding hydrogens is 206 g/mol. The second kappa shape index (κ2) is 5.68. The molecule has 1 aliphatic rings. The number of aryl methyl sites for hydroxylation is 2. The van der Waals surface area contributed by atoms with Crippen molar-refractivity contribution >= 4 is 0 Å². The van der Waals surface area contributed by atoms with Crippen LogP contribution >= 0.6 is 0 Å². The van der Waals surface area contributed by atoms with Crippen LogP contribution in [0.2, 0.25) is 0 Å². The minimum atomic E-state index is 0.650. The van der Waals surface area contributed by atoms with Crippen LogP contribution in [0, 0.1) is 12.8 Å². The molecule has 0 heterocycles. The molecule has 1 aromatic rings. The highest BCUT2D eigenvalue weighted by Crippen LogP contribution is 2.33. The molecular formula is C16H25N. The highest BCUT2D eigenvalue weighted by molar-refractivity contribution is 5.22. The van der Waals surface area contributed by atoms with Gasteiger partial charge in [0.1, 0.15) is 0 Å². The molecule has 0 spiro atoms. The van der Waals surface area contributed by atoms with Crippen LogP contribution in [0.4, 0.5) is 0 Å². The van der Waals surface area contributed by atoms with Crippen LogP contribution in [0.15, 0.2) is 24.3 Å². The summed E-state index contributed by atoms with van der Waals surface area (Å²) in [5.74, 6) is 0.955. The summed E-state index contributed by atoms with van der Waals surface area (Å²) in [5, 5.41) is 3.74. The average molecular weight is 231 g/mol. The van der Waals surface area contributed by atoms with Gasteiger partial charge >= 0.3 is 0 Å². The zero-order valence-corrected chi connectivity index (χ0v) is 11.4. The molecule has 2 rings (SSSR count). The lowest BCUT2D eigenvalue weighted by Crippen LogP contribution is -2.29. The molecule has 0 radical (unpaired) electrons. The number of benzene rings is 1. The van der Waals surface area contributed by atoms with Crippen LogP contribution < -0.4 is 5.32 Å². The van der Waals surface area contributed by atoms with Crippen molar-refractivity contribution in [2.75, 3.05) is 0 Å². The smallest absolute Gasteiger partial charge is 0.0101 e. The molecule has 3 unspecified atom stereocenters. The summed E-state index contributed by atoms with van der Waals surface area (Å²) < 4.78 is 0. The first-order chi connectivity index (χ1) is 8.19. The van der Waals surface area contributed by atoms with Crippen molar-refractivity contribution in [1.82, 2.24) is 5.32 Å². The van der Waals surface area contributed by atoms with Crippen molar-refractivity contribution in [3.05, 3.63) is 35.4 Å². The van der Waals surface area contributed by atoms with E-state index in [1.165, 1.54) is 36.8 Å². The van der Waals surface area contributed by atoms with E-state index in [9.17, 15) is 0 Å². The third kappa shape index (κ3) is 3.85. The highest BCUT2D eigenvalue weighted by atomic mass is 15.0. The number of hydrogen-bond acceptors (Lipinski definition) is 1. The molecule has 1 N–H and O–H groups in total. The summed E-state index contributed by atoms with van der Waals surface area (Å²) in [6.07, 6.45) is 5.17. The van der Waals surface area contributed by atoms with Crippen molar-refractivity contribution < 1.29 is 0 Å². The van der Waals surface area contributed by atoms with E-state index in [1.807, 2.05) is 0 Å². The predicted molar refractivity (Wildman–Crippen MR) is 74.3 cm³/mol. The van der Waals surface area contributed by atoms with E-state index < -0.39 is 0 Å². The molecule has 1 aromatic carbocycles. The van der Waals surface area contributed by atoms with Gasteiger partial charge in [-0.1, -0.05) is 43.2 Å². The molecule has 0 saturated heterocycles. The van der Waals surface area contributed by atoms with Gasteiger partial charge in [-0.3, -0.25) is 0 Å². The third-order valence-electron chi connectivity index (χ3n) is 3.89. The number of hydrogen-bond donors (Lipinski definition) is 1. The fourth-order valence-corrected chi connectivity index (χ4v) is 2.60. The van der Waals surface area contributed by atoms with Gasteiger partial charge in [0.15, 0.2) is 0 Å². The maximum Gasteiger partial charge on any atom is 0.0101 e. The standard InChI is InChI=1S/C16H25N/c1-4-15-11-16(15)17-13(3)8-9-14-7-5-6-12(2)10-14/h5-7,10,13,15-17H,4,8-9,11H2,1-3H3. The van der Waals surface area contributed by atoms with Crippen LogP contribution in [0.25, 0.3) is 0 Å². The van der Waals surface area contributed by atoms with Gasteiger partial charge in [0.25, 0.3) is 0 Å². The van der Waals surface area contributed by atoms with Crippen LogP contribution in [-0.4, -0.2) is 12.1 Å². The Balaban J connectivity index is 1.71. The van der Waals surface area contributed by atoms with Gasteiger partial charge in [0.05, 0.1) is 0 Å². The van der Waals surface area contributed by atoms with Gasteiger partial charge < -0.3 is 5.32 Å². The summed E-state index contributed by atoms with van der Waals surface area (Å²) in [4.78, 5) is 0. The van der Waals surface area contributed by atoms with Crippen molar-refractivity contribution in [3.8, 4) is 0 Å². The molecule has 1 saturated carbocycles. The molecule has 17 heavy (non-hydrogen) atoms. The van der Waals surface area contributed by atoms with Gasteiger partial charge in [-0.2, -0.15) is 0 Å². The summed E-state index contributed by atoms with van der Waals surface area (Å²) in [6, 6.07) is 10.3. The van der Waals surface area contributed by atoms with Gasteiger partial charge in [-0.25, -0.2) is 0 Å². The topological polar surface area (TPSA) is 12.0 Å².